The number of nitrogens with zero attached hydrogens (tertiary/aromatic N) is 1. The second kappa shape index (κ2) is 7.66. The first-order chi connectivity index (χ1) is 12.1. The van der Waals surface area contributed by atoms with E-state index in [2.05, 4.69) is 11.4 Å². The second-order valence-electron chi connectivity index (χ2n) is 6.37. The minimum Gasteiger partial charge on any atom is -0.395 e. The van der Waals surface area contributed by atoms with Crippen molar-refractivity contribution in [1.82, 2.24) is 4.90 Å². The van der Waals surface area contributed by atoms with Gasteiger partial charge in [0, 0.05) is 17.8 Å². The number of hydrogen-bond donors (Lipinski definition) is 2. The number of hydrogen-bond acceptors (Lipinski definition) is 2. The van der Waals surface area contributed by atoms with Gasteiger partial charge in [-0.2, -0.15) is 0 Å². The summed E-state index contributed by atoms with van der Waals surface area (Å²) in [4.78, 5) is 14.5. The molecule has 4 nitrogen and oxygen atoms in total. The first kappa shape index (κ1) is 17.4. The lowest BCUT2D eigenvalue weighted by molar-refractivity contribution is 0.155. The van der Waals surface area contributed by atoms with Gasteiger partial charge in [0.15, 0.2) is 0 Å². The minimum atomic E-state index is -0.352. The Morgan fingerprint density at radius 1 is 1.28 bits per heavy atom. The Bertz CT molecular complexity index is 763. The maximum absolute atomic E-state index is 13.7. The van der Waals surface area contributed by atoms with Crippen LogP contribution in [0.1, 0.15) is 35.6 Å². The van der Waals surface area contributed by atoms with Crippen molar-refractivity contribution in [2.45, 2.75) is 32.2 Å². The van der Waals surface area contributed by atoms with Crippen LogP contribution in [0, 0.1) is 12.7 Å². The van der Waals surface area contributed by atoms with Crippen LogP contribution < -0.4 is 5.32 Å². The van der Waals surface area contributed by atoms with Gasteiger partial charge in [-0.15, -0.1) is 0 Å². The smallest absolute Gasteiger partial charge is 0.322 e. The molecule has 1 unspecified atom stereocenters. The van der Waals surface area contributed by atoms with Crippen molar-refractivity contribution in [2.75, 3.05) is 18.5 Å². The van der Waals surface area contributed by atoms with Crippen LogP contribution in [-0.4, -0.2) is 29.2 Å². The zero-order valence-corrected chi connectivity index (χ0v) is 14.3. The predicted octanol–water partition coefficient (Wildman–Crippen LogP) is 4.04. The Kier molecular flexibility index (Phi) is 5.34. The van der Waals surface area contributed by atoms with Gasteiger partial charge in [-0.1, -0.05) is 30.3 Å². The van der Waals surface area contributed by atoms with Crippen LogP contribution in [0.5, 0.6) is 0 Å². The number of carbonyl (C=O) groups excluding carboxylic acids is 1. The highest BCUT2D eigenvalue weighted by Gasteiger charge is 2.29. The third kappa shape index (κ3) is 3.66. The van der Waals surface area contributed by atoms with Crippen molar-refractivity contribution in [1.29, 1.82) is 0 Å². The summed E-state index contributed by atoms with van der Waals surface area (Å²) in [6, 6.07) is 12.4. The summed E-state index contributed by atoms with van der Waals surface area (Å²) >= 11 is 0. The summed E-state index contributed by atoms with van der Waals surface area (Å²) in [5, 5.41) is 12.2. The lowest BCUT2D eigenvalue weighted by atomic mass is 9.87. The number of amides is 2. The molecule has 2 amide bonds. The van der Waals surface area contributed by atoms with E-state index in [1.165, 1.54) is 11.6 Å². The van der Waals surface area contributed by atoms with E-state index in [1.54, 1.807) is 24.0 Å². The van der Waals surface area contributed by atoms with Gasteiger partial charge in [0.05, 0.1) is 12.6 Å². The van der Waals surface area contributed by atoms with Crippen LogP contribution in [0.4, 0.5) is 14.9 Å². The molecule has 0 heterocycles. The normalized spacial score (nSPS) is 16.2. The quantitative estimate of drug-likeness (QED) is 0.881. The van der Waals surface area contributed by atoms with Crippen LogP contribution in [0.25, 0.3) is 0 Å². The van der Waals surface area contributed by atoms with Gasteiger partial charge in [0.1, 0.15) is 5.82 Å². The molecular formula is C20H23FN2O2. The van der Waals surface area contributed by atoms with Crippen molar-refractivity contribution < 1.29 is 14.3 Å². The number of anilines is 1. The van der Waals surface area contributed by atoms with Gasteiger partial charge < -0.3 is 15.3 Å². The molecule has 0 aromatic heterocycles. The van der Waals surface area contributed by atoms with Crippen LogP contribution in [0.3, 0.4) is 0 Å². The molecule has 2 aromatic carbocycles. The number of nitrogens with one attached hydrogen (secondary N) is 1. The van der Waals surface area contributed by atoms with Gasteiger partial charge in [-0.3, -0.25) is 0 Å². The second-order valence-corrected chi connectivity index (χ2v) is 6.37. The maximum atomic E-state index is 13.7. The topological polar surface area (TPSA) is 52.6 Å². The molecule has 0 saturated heterocycles. The third-order valence-electron chi connectivity index (χ3n) is 4.83. The number of halogens is 1. The molecule has 0 fully saturated rings. The zero-order chi connectivity index (χ0) is 17.8. The fraction of sp³-hybridized carbons (Fsp3) is 0.350. The molecule has 0 spiro atoms. The molecule has 0 saturated carbocycles. The van der Waals surface area contributed by atoms with E-state index in [9.17, 15) is 14.3 Å². The van der Waals surface area contributed by atoms with E-state index < -0.39 is 0 Å². The van der Waals surface area contributed by atoms with E-state index in [1.807, 2.05) is 18.2 Å². The lowest BCUT2D eigenvalue weighted by Gasteiger charge is -2.35. The molecule has 2 aromatic rings. The molecule has 1 aliphatic rings. The standard InChI is InChI=1S/C20H23FN2O2/c1-14-17(21)9-5-10-18(14)22-20(25)23(12-13-24)19-11-4-7-15-6-2-3-8-16(15)19/h2-3,5-6,8-10,19,24H,4,7,11-13H2,1H3,(H,22,25). The van der Waals surface area contributed by atoms with Crippen LogP contribution >= 0.6 is 0 Å². The van der Waals surface area contributed by atoms with E-state index in [4.69, 9.17) is 0 Å². The summed E-state index contributed by atoms with van der Waals surface area (Å²) in [5.41, 5.74) is 3.24. The highest BCUT2D eigenvalue weighted by Crippen LogP contribution is 2.34. The Morgan fingerprint density at radius 3 is 2.88 bits per heavy atom. The maximum Gasteiger partial charge on any atom is 0.322 e. The monoisotopic (exact) mass is 342 g/mol. The minimum absolute atomic E-state index is 0.0778. The van der Waals surface area contributed by atoms with Gasteiger partial charge in [0.2, 0.25) is 0 Å². The number of aliphatic hydroxyl groups excluding tert-OH is 1. The number of aliphatic hydroxyl groups is 1. The Morgan fingerprint density at radius 2 is 2.08 bits per heavy atom. The Hall–Kier alpha value is -2.40. The number of urea groups is 1. The van der Waals surface area contributed by atoms with Crippen LogP contribution in [0.15, 0.2) is 42.5 Å². The number of fused-ring (bicyclic) bond motifs is 1. The lowest BCUT2D eigenvalue weighted by Crippen LogP contribution is -2.41. The highest BCUT2D eigenvalue weighted by atomic mass is 19.1. The molecular weight excluding hydrogens is 319 g/mol. The fourth-order valence-electron chi connectivity index (χ4n) is 3.49. The van der Waals surface area contributed by atoms with Gasteiger partial charge in [0.25, 0.3) is 0 Å². The highest BCUT2D eigenvalue weighted by molar-refractivity contribution is 5.90. The molecule has 3 rings (SSSR count). The van der Waals surface area contributed by atoms with Gasteiger partial charge >= 0.3 is 6.03 Å². The summed E-state index contributed by atoms with van der Waals surface area (Å²) in [6.07, 6.45) is 2.85. The average Bonchev–Trinajstić information content (AvgIpc) is 2.63. The van der Waals surface area contributed by atoms with Gasteiger partial charge in [-0.25, -0.2) is 9.18 Å². The van der Waals surface area contributed by atoms with Crippen molar-refractivity contribution in [3.63, 3.8) is 0 Å². The molecule has 2 N–H and O–H groups in total. The van der Waals surface area contributed by atoms with Gasteiger partial charge in [-0.05, 0) is 49.4 Å². The predicted molar refractivity (Wildman–Crippen MR) is 96.1 cm³/mol. The average molecular weight is 342 g/mol. The largest absolute Gasteiger partial charge is 0.395 e. The first-order valence-corrected chi connectivity index (χ1v) is 8.63. The summed E-state index contributed by atoms with van der Waals surface area (Å²) in [7, 11) is 0. The molecule has 1 aliphatic carbocycles. The molecule has 132 valence electrons. The molecule has 1 atom stereocenters. The summed E-state index contributed by atoms with van der Waals surface area (Å²) < 4.78 is 13.7. The van der Waals surface area contributed by atoms with Crippen molar-refractivity contribution in [3.8, 4) is 0 Å². The van der Waals surface area contributed by atoms with E-state index >= 15 is 0 Å². The number of aryl methyl sites for hydroxylation is 1. The molecule has 0 aliphatic heterocycles. The van der Waals surface area contributed by atoms with E-state index in [0.717, 1.165) is 24.8 Å². The van der Waals surface area contributed by atoms with Crippen molar-refractivity contribution in [2.24, 2.45) is 0 Å². The number of rotatable bonds is 4. The third-order valence-corrected chi connectivity index (χ3v) is 4.83. The molecule has 0 bridgehead atoms. The Labute approximate surface area is 147 Å². The zero-order valence-electron chi connectivity index (χ0n) is 14.3. The van der Waals surface area contributed by atoms with E-state index in [0.29, 0.717) is 11.3 Å². The number of carbonyl (C=O) groups is 1. The molecule has 5 heteroatoms. The molecule has 25 heavy (non-hydrogen) atoms. The summed E-state index contributed by atoms with van der Waals surface area (Å²) in [5.74, 6) is -0.352. The first-order valence-electron chi connectivity index (χ1n) is 8.63. The summed E-state index contributed by atoms with van der Waals surface area (Å²) in [6.45, 7) is 1.75. The molecule has 0 radical (unpaired) electrons. The Balaban J connectivity index is 1.86. The van der Waals surface area contributed by atoms with Crippen LogP contribution in [-0.2, 0) is 6.42 Å². The van der Waals surface area contributed by atoms with E-state index in [-0.39, 0.29) is 31.0 Å². The van der Waals surface area contributed by atoms with Crippen molar-refractivity contribution in [3.05, 3.63) is 65.0 Å². The number of benzene rings is 2. The van der Waals surface area contributed by atoms with Crippen molar-refractivity contribution >= 4 is 11.7 Å². The SMILES string of the molecule is Cc1c(F)cccc1NC(=O)N(CCO)C1CCCc2ccccc21. The fourth-order valence-corrected chi connectivity index (χ4v) is 3.49. The van der Waals surface area contributed by atoms with Crippen LogP contribution in [0.2, 0.25) is 0 Å².